The van der Waals surface area contributed by atoms with E-state index in [0.717, 1.165) is 57.8 Å². The first-order valence-electron chi connectivity index (χ1n) is 24.6. The van der Waals surface area contributed by atoms with Crippen molar-refractivity contribution in [2.75, 3.05) is 19.8 Å². The Morgan fingerprint density at radius 1 is 0.466 bits per heavy atom. The molecule has 0 aliphatic carbocycles. The summed E-state index contributed by atoms with van der Waals surface area (Å²) in [5.74, 6) is -0.801. The number of phosphoric acid groups is 1. The summed E-state index contributed by atoms with van der Waals surface area (Å²) in [7, 11) is -4.28. The quantitative estimate of drug-likeness (QED) is 0.0279. The molecule has 0 aliphatic heterocycles. The molecule has 0 aromatic rings. The van der Waals surface area contributed by atoms with Crippen LogP contribution in [0.25, 0.3) is 0 Å². The van der Waals surface area contributed by atoms with Gasteiger partial charge >= 0.3 is 19.8 Å². The molecule has 0 saturated heterocycles. The topological polar surface area (TPSA) is 108 Å². The third kappa shape index (κ3) is 44.1. The molecule has 0 radical (unpaired) electrons. The van der Waals surface area contributed by atoms with Crippen molar-refractivity contribution >= 4 is 19.8 Å². The summed E-state index contributed by atoms with van der Waals surface area (Å²) in [6.07, 6.45) is 51.0. The second-order valence-corrected chi connectivity index (χ2v) is 17.9. The number of hydrogen-bond acceptors (Lipinski definition) is 7. The molecule has 0 rings (SSSR count). The number of ether oxygens (including phenoxy) is 2. The highest BCUT2D eigenvalue weighted by Gasteiger charge is 2.25. The van der Waals surface area contributed by atoms with Gasteiger partial charge in [-0.2, -0.15) is 0 Å². The third-order valence-electron chi connectivity index (χ3n) is 10.8. The highest BCUT2D eigenvalue weighted by Crippen LogP contribution is 2.43. The number of hydrogen-bond donors (Lipinski definition) is 1. The minimum Gasteiger partial charge on any atom is -0.462 e. The van der Waals surface area contributed by atoms with E-state index in [9.17, 15) is 19.0 Å². The lowest BCUT2D eigenvalue weighted by molar-refractivity contribution is -0.161. The maximum atomic E-state index is 12.6. The Morgan fingerprint density at radius 2 is 0.828 bits per heavy atom. The fourth-order valence-electron chi connectivity index (χ4n) is 7.13. The molecule has 342 valence electrons. The second-order valence-electron chi connectivity index (χ2n) is 16.5. The van der Waals surface area contributed by atoms with Gasteiger partial charge in [0, 0.05) is 12.8 Å². The summed E-state index contributed by atoms with van der Waals surface area (Å²) in [5.41, 5.74) is 0. The maximum absolute atomic E-state index is 12.6. The first-order chi connectivity index (χ1) is 28.3. The zero-order chi connectivity index (χ0) is 42.5. The summed E-state index contributed by atoms with van der Waals surface area (Å²) in [5, 5.41) is 0. The van der Waals surface area contributed by atoms with Crippen molar-refractivity contribution < 1.29 is 37.6 Å². The summed E-state index contributed by atoms with van der Waals surface area (Å²) in [4.78, 5) is 34.9. The van der Waals surface area contributed by atoms with Crippen LogP contribution in [0.4, 0.5) is 0 Å². The van der Waals surface area contributed by atoms with Crippen molar-refractivity contribution in [1.29, 1.82) is 0 Å². The van der Waals surface area contributed by atoms with Crippen LogP contribution in [0.2, 0.25) is 0 Å². The molecule has 0 aromatic carbocycles. The Balaban J connectivity index is 3.96. The van der Waals surface area contributed by atoms with Crippen molar-refractivity contribution in [2.24, 2.45) is 0 Å². The average molecular weight is 841 g/mol. The van der Waals surface area contributed by atoms with E-state index < -0.39 is 26.5 Å². The number of allylic oxidation sites excluding steroid dienone is 4. The van der Waals surface area contributed by atoms with E-state index in [-0.39, 0.29) is 25.6 Å². The van der Waals surface area contributed by atoms with Gasteiger partial charge in [0.05, 0.1) is 13.2 Å². The Hall–Kier alpha value is -1.47. The molecular formula is C49H93O8P. The number of carbonyl (C=O) groups excluding carboxylic acids is 2. The van der Waals surface area contributed by atoms with Crippen LogP contribution < -0.4 is 0 Å². The molecule has 0 heterocycles. The Bertz CT molecular complexity index is 999. The average Bonchev–Trinajstić information content (AvgIpc) is 3.20. The van der Waals surface area contributed by atoms with Gasteiger partial charge in [-0.15, -0.1) is 0 Å². The van der Waals surface area contributed by atoms with Gasteiger partial charge in [-0.1, -0.05) is 212 Å². The molecule has 0 bridgehead atoms. The van der Waals surface area contributed by atoms with E-state index in [1.165, 1.54) is 154 Å². The zero-order valence-electron chi connectivity index (χ0n) is 38.2. The van der Waals surface area contributed by atoms with Gasteiger partial charge in [-0.05, 0) is 51.9 Å². The Kier molecular flexibility index (Phi) is 43.9. The van der Waals surface area contributed by atoms with Crippen LogP contribution in [0.15, 0.2) is 24.3 Å². The molecule has 0 aliphatic rings. The van der Waals surface area contributed by atoms with Gasteiger partial charge in [0.2, 0.25) is 0 Å². The molecule has 0 saturated carbocycles. The molecule has 0 aromatic heterocycles. The highest BCUT2D eigenvalue weighted by molar-refractivity contribution is 7.47. The normalized spacial score (nSPS) is 13.4. The van der Waals surface area contributed by atoms with E-state index in [1.807, 2.05) is 0 Å². The molecular weight excluding hydrogens is 748 g/mol. The lowest BCUT2D eigenvalue weighted by Gasteiger charge is -2.19. The minimum absolute atomic E-state index is 0.000356. The summed E-state index contributed by atoms with van der Waals surface area (Å²) in [6, 6.07) is 0. The number of unbranched alkanes of at least 4 members (excludes halogenated alkanes) is 30. The molecule has 8 nitrogen and oxygen atoms in total. The van der Waals surface area contributed by atoms with Gasteiger partial charge in [0.1, 0.15) is 6.61 Å². The minimum atomic E-state index is -4.28. The zero-order valence-corrected chi connectivity index (χ0v) is 39.1. The molecule has 1 N–H and O–H groups in total. The molecule has 9 heteroatoms. The Morgan fingerprint density at radius 3 is 1.24 bits per heavy atom. The van der Waals surface area contributed by atoms with Crippen LogP contribution in [0.3, 0.4) is 0 Å². The van der Waals surface area contributed by atoms with E-state index in [4.69, 9.17) is 18.5 Å². The highest BCUT2D eigenvalue weighted by atomic mass is 31.2. The molecule has 0 amide bonds. The van der Waals surface area contributed by atoms with Crippen LogP contribution in [-0.2, 0) is 32.7 Å². The van der Waals surface area contributed by atoms with E-state index >= 15 is 0 Å². The van der Waals surface area contributed by atoms with Crippen molar-refractivity contribution in [2.45, 2.75) is 258 Å². The van der Waals surface area contributed by atoms with Gasteiger partial charge in [0.25, 0.3) is 0 Å². The number of rotatable bonds is 46. The summed E-state index contributed by atoms with van der Waals surface area (Å²) in [6.45, 7) is 5.49. The van der Waals surface area contributed by atoms with E-state index in [2.05, 4.69) is 38.2 Å². The summed E-state index contributed by atoms with van der Waals surface area (Å²) >= 11 is 0. The smallest absolute Gasteiger partial charge is 0.462 e. The molecule has 2 unspecified atom stereocenters. The van der Waals surface area contributed by atoms with E-state index in [0.29, 0.717) is 12.8 Å². The van der Waals surface area contributed by atoms with Crippen LogP contribution in [0.5, 0.6) is 0 Å². The predicted octanol–water partition coefficient (Wildman–Crippen LogP) is 15.8. The Labute approximate surface area is 358 Å². The SMILES string of the molecule is CCCCCC/C=C\C/C=C\CCCCCCCC(=O)OC(COC(=O)CCCCCCCCCCCCCCCCCCCCCCCC)COP(=O)(O)OCC. The van der Waals surface area contributed by atoms with Gasteiger partial charge in [-0.3, -0.25) is 18.6 Å². The molecule has 0 fully saturated rings. The van der Waals surface area contributed by atoms with Crippen LogP contribution in [0, 0.1) is 0 Å². The summed E-state index contributed by atoms with van der Waals surface area (Å²) < 4.78 is 32.7. The van der Waals surface area contributed by atoms with Gasteiger partial charge in [0.15, 0.2) is 6.10 Å². The van der Waals surface area contributed by atoms with Crippen molar-refractivity contribution in [3.05, 3.63) is 24.3 Å². The van der Waals surface area contributed by atoms with Crippen molar-refractivity contribution in [1.82, 2.24) is 0 Å². The van der Waals surface area contributed by atoms with Crippen LogP contribution >= 0.6 is 7.82 Å². The first kappa shape index (κ1) is 56.5. The fourth-order valence-corrected chi connectivity index (χ4v) is 7.89. The van der Waals surface area contributed by atoms with Crippen molar-refractivity contribution in [3.8, 4) is 0 Å². The first-order valence-corrected chi connectivity index (χ1v) is 26.1. The second kappa shape index (κ2) is 45.1. The maximum Gasteiger partial charge on any atom is 0.472 e. The number of phosphoric ester groups is 1. The molecule has 2 atom stereocenters. The van der Waals surface area contributed by atoms with Crippen LogP contribution in [0.1, 0.15) is 252 Å². The molecule has 0 spiro atoms. The lowest BCUT2D eigenvalue weighted by Crippen LogP contribution is -2.29. The van der Waals surface area contributed by atoms with Crippen LogP contribution in [-0.4, -0.2) is 42.8 Å². The third-order valence-corrected chi connectivity index (χ3v) is 11.8. The number of carbonyl (C=O) groups is 2. The van der Waals surface area contributed by atoms with E-state index in [1.54, 1.807) is 6.92 Å². The van der Waals surface area contributed by atoms with Crippen molar-refractivity contribution in [3.63, 3.8) is 0 Å². The molecule has 58 heavy (non-hydrogen) atoms. The van der Waals surface area contributed by atoms with Gasteiger partial charge in [-0.25, -0.2) is 4.57 Å². The monoisotopic (exact) mass is 841 g/mol. The standard InChI is InChI=1S/C49H93O8P/c1-4-7-9-11-13-15-17-19-21-23-24-25-26-27-28-30-31-33-35-37-39-41-43-48(50)54-45-47(46-56-58(52,53)55-6-3)57-49(51)44-42-40-38-36-34-32-29-22-20-18-16-14-12-10-8-5-2/h16,18,22,29,47H,4-15,17,19-21,23-28,30-46H2,1-3H3,(H,52,53)/b18-16-,29-22-. The number of esters is 2. The largest absolute Gasteiger partial charge is 0.472 e. The van der Waals surface area contributed by atoms with Gasteiger partial charge < -0.3 is 14.4 Å². The fraction of sp³-hybridized carbons (Fsp3) is 0.878. The predicted molar refractivity (Wildman–Crippen MR) is 244 cm³/mol. The lowest BCUT2D eigenvalue weighted by atomic mass is 10.0.